The van der Waals surface area contributed by atoms with Crippen LogP contribution in [0, 0.1) is 20.8 Å². The molecule has 2 aromatic heterocycles. The quantitative estimate of drug-likeness (QED) is 0.547. The lowest BCUT2D eigenvalue weighted by molar-refractivity contribution is -0.116. The first-order valence-electron chi connectivity index (χ1n) is 9.37. The first-order chi connectivity index (χ1) is 14.0. The van der Waals surface area contributed by atoms with Gasteiger partial charge in [-0.15, -0.1) is 11.3 Å². The molecule has 0 spiro atoms. The Morgan fingerprint density at radius 1 is 0.966 bits per heavy atom. The van der Waals surface area contributed by atoms with E-state index < -0.39 is 5.92 Å². The van der Waals surface area contributed by atoms with E-state index in [2.05, 4.69) is 10.3 Å². The smallest absolute Gasteiger partial charge is 0.282 e. The molecule has 4 rings (SSSR count). The highest BCUT2D eigenvalue weighted by Gasteiger charge is 2.25. The van der Waals surface area contributed by atoms with Crippen molar-refractivity contribution in [1.29, 1.82) is 0 Å². The van der Waals surface area contributed by atoms with Crippen LogP contribution in [0.1, 0.15) is 33.3 Å². The lowest BCUT2D eigenvalue weighted by atomic mass is 9.90. The molecule has 0 radical (unpaired) electrons. The first kappa shape index (κ1) is 19.1. The van der Waals surface area contributed by atoms with Crippen molar-refractivity contribution < 1.29 is 4.79 Å². The highest BCUT2D eigenvalue weighted by atomic mass is 32.1. The molecule has 2 aromatic carbocycles. The summed E-state index contributed by atoms with van der Waals surface area (Å²) in [5.74, 6) is -0.781. The second-order valence-electron chi connectivity index (χ2n) is 6.98. The fourth-order valence-electron chi connectivity index (χ4n) is 3.46. The van der Waals surface area contributed by atoms with Gasteiger partial charge in [0.25, 0.3) is 5.56 Å². The number of hydrogen-bond donors (Lipinski definition) is 1. The molecular formula is C23H21N3O2S. The Hall–Kier alpha value is -3.25. The van der Waals surface area contributed by atoms with Gasteiger partial charge in [-0.1, -0.05) is 60.7 Å². The van der Waals surface area contributed by atoms with Crippen molar-refractivity contribution in [2.45, 2.75) is 26.7 Å². The Bertz CT molecular complexity index is 1200. The van der Waals surface area contributed by atoms with Gasteiger partial charge in [0.2, 0.25) is 5.91 Å². The molecule has 2 heterocycles. The van der Waals surface area contributed by atoms with E-state index in [1.165, 1.54) is 11.3 Å². The van der Waals surface area contributed by atoms with E-state index in [0.717, 1.165) is 21.7 Å². The van der Waals surface area contributed by atoms with Crippen LogP contribution in [0.3, 0.4) is 0 Å². The molecule has 0 bridgehead atoms. The van der Waals surface area contributed by atoms with E-state index in [1.54, 1.807) is 11.3 Å². The molecule has 0 aliphatic rings. The molecule has 6 heteroatoms. The average molecular weight is 404 g/mol. The fraction of sp³-hybridized carbons (Fsp3) is 0.174. The summed E-state index contributed by atoms with van der Waals surface area (Å²) in [4.78, 5) is 32.7. The number of carbonyl (C=O) groups excluding carboxylic acids is 1. The minimum atomic E-state index is -0.526. The van der Waals surface area contributed by atoms with Gasteiger partial charge in [-0.05, 0) is 31.9 Å². The van der Waals surface area contributed by atoms with E-state index in [4.69, 9.17) is 0 Å². The molecule has 1 amide bonds. The predicted molar refractivity (Wildman–Crippen MR) is 117 cm³/mol. The molecule has 0 saturated heterocycles. The van der Waals surface area contributed by atoms with Gasteiger partial charge in [-0.3, -0.25) is 14.0 Å². The number of benzene rings is 2. The van der Waals surface area contributed by atoms with Gasteiger partial charge in [0, 0.05) is 10.6 Å². The van der Waals surface area contributed by atoms with Crippen molar-refractivity contribution in [1.82, 2.24) is 9.38 Å². The van der Waals surface area contributed by atoms with Crippen molar-refractivity contribution in [3.8, 4) is 0 Å². The fourth-order valence-corrected chi connectivity index (χ4v) is 4.47. The van der Waals surface area contributed by atoms with E-state index in [-0.39, 0.29) is 17.2 Å². The van der Waals surface area contributed by atoms with Crippen LogP contribution in [0.2, 0.25) is 0 Å². The van der Waals surface area contributed by atoms with Crippen LogP contribution in [0.15, 0.2) is 65.5 Å². The van der Waals surface area contributed by atoms with Gasteiger partial charge < -0.3 is 5.32 Å². The molecule has 0 atom stereocenters. The molecule has 0 aliphatic carbocycles. The lowest BCUT2D eigenvalue weighted by Gasteiger charge is -2.18. The Balaban J connectivity index is 1.79. The molecule has 0 saturated carbocycles. The van der Waals surface area contributed by atoms with E-state index in [9.17, 15) is 9.59 Å². The Kier molecular flexibility index (Phi) is 5.03. The van der Waals surface area contributed by atoms with E-state index in [1.807, 2.05) is 74.5 Å². The number of rotatable bonds is 4. The number of anilines is 1. The molecule has 146 valence electrons. The third-order valence-corrected chi connectivity index (χ3v) is 6.16. The van der Waals surface area contributed by atoms with Gasteiger partial charge in [0.15, 0.2) is 4.96 Å². The number of thiazole rings is 1. The summed E-state index contributed by atoms with van der Waals surface area (Å²) in [6.45, 7) is 5.60. The number of nitrogens with one attached hydrogen (secondary N) is 1. The van der Waals surface area contributed by atoms with Gasteiger partial charge in [-0.2, -0.15) is 0 Å². The second-order valence-corrected chi connectivity index (χ2v) is 8.16. The largest absolute Gasteiger partial charge is 0.319 e. The molecule has 0 aliphatic heterocycles. The van der Waals surface area contributed by atoms with Crippen LogP contribution in [0.25, 0.3) is 4.96 Å². The summed E-state index contributed by atoms with van der Waals surface area (Å²) in [5, 5.41) is 2.87. The number of hydrogen-bond acceptors (Lipinski definition) is 4. The molecular weight excluding hydrogens is 382 g/mol. The lowest BCUT2D eigenvalue weighted by Crippen LogP contribution is -2.28. The SMILES string of the molecule is Cc1nc2sc(C)c(C)n2c(=O)c1NC(=O)C(c1ccccc1)c1ccccc1. The minimum absolute atomic E-state index is 0.227. The zero-order valence-electron chi connectivity index (χ0n) is 16.5. The molecule has 29 heavy (non-hydrogen) atoms. The van der Waals surface area contributed by atoms with Crippen LogP contribution in [0.5, 0.6) is 0 Å². The Labute approximate surface area is 172 Å². The van der Waals surface area contributed by atoms with Gasteiger partial charge in [0.1, 0.15) is 5.69 Å². The third kappa shape index (κ3) is 3.47. The summed E-state index contributed by atoms with van der Waals surface area (Å²) in [6, 6.07) is 19.1. The van der Waals surface area contributed by atoms with Crippen molar-refractivity contribution >= 4 is 27.9 Å². The second kappa shape index (κ2) is 7.64. The summed E-state index contributed by atoms with van der Waals surface area (Å²) in [5.41, 5.74) is 3.08. The van der Waals surface area contributed by atoms with Gasteiger partial charge in [0.05, 0.1) is 11.6 Å². The third-order valence-electron chi connectivity index (χ3n) is 5.10. The normalized spacial score (nSPS) is 11.2. The van der Waals surface area contributed by atoms with Crippen LogP contribution in [-0.2, 0) is 4.79 Å². The number of fused-ring (bicyclic) bond motifs is 1. The molecule has 1 N–H and O–H groups in total. The summed E-state index contributed by atoms with van der Waals surface area (Å²) in [6.07, 6.45) is 0. The zero-order valence-corrected chi connectivity index (χ0v) is 17.3. The maximum Gasteiger partial charge on any atom is 0.282 e. The minimum Gasteiger partial charge on any atom is -0.319 e. The zero-order chi connectivity index (χ0) is 20.5. The number of nitrogens with zero attached hydrogens (tertiary/aromatic N) is 2. The summed E-state index contributed by atoms with van der Waals surface area (Å²) < 4.78 is 1.57. The van der Waals surface area contributed by atoms with Crippen LogP contribution < -0.4 is 10.9 Å². The average Bonchev–Trinajstić information content (AvgIpc) is 3.00. The van der Waals surface area contributed by atoms with E-state index in [0.29, 0.717) is 10.7 Å². The Morgan fingerprint density at radius 3 is 2.07 bits per heavy atom. The van der Waals surface area contributed by atoms with Crippen molar-refractivity contribution in [3.63, 3.8) is 0 Å². The van der Waals surface area contributed by atoms with Gasteiger partial charge in [-0.25, -0.2) is 4.98 Å². The van der Waals surface area contributed by atoms with E-state index >= 15 is 0 Å². The molecule has 4 aromatic rings. The van der Waals surface area contributed by atoms with Crippen LogP contribution >= 0.6 is 11.3 Å². The topological polar surface area (TPSA) is 63.5 Å². The van der Waals surface area contributed by atoms with Gasteiger partial charge >= 0.3 is 0 Å². The number of amides is 1. The highest BCUT2D eigenvalue weighted by molar-refractivity contribution is 7.17. The number of aryl methyl sites for hydroxylation is 3. The monoisotopic (exact) mass is 403 g/mol. The maximum absolute atomic E-state index is 13.4. The highest BCUT2D eigenvalue weighted by Crippen LogP contribution is 2.27. The van der Waals surface area contributed by atoms with Crippen molar-refractivity contribution in [2.75, 3.05) is 5.32 Å². The molecule has 0 unspecified atom stereocenters. The van der Waals surface area contributed by atoms with Crippen molar-refractivity contribution in [3.05, 3.63) is 98.4 Å². The molecule has 0 fully saturated rings. The summed E-state index contributed by atoms with van der Waals surface area (Å²) >= 11 is 1.47. The molecule has 5 nitrogen and oxygen atoms in total. The Morgan fingerprint density at radius 2 is 1.52 bits per heavy atom. The van der Waals surface area contributed by atoms with Crippen LogP contribution in [0.4, 0.5) is 5.69 Å². The first-order valence-corrected chi connectivity index (χ1v) is 10.2. The number of aromatic nitrogens is 2. The maximum atomic E-state index is 13.4. The number of carbonyl (C=O) groups is 1. The standard InChI is InChI=1S/C23H21N3O2S/c1-14-20(22(28)26-15(2)16(3)29-23(26)24-14)25-21(27)19(17-10-6-4-7-11-17)18-12-8-5-9-13-18/h4-13,19H,1-3H3,(H,25,27). The van der Waals surface area contributed by atoms with Crippen molar-refractivity contribution in [2.24, 2.45) is 0 Å². The summed E-state index contributed by atoms with van der Waals surface area (Å²) in [7, 11) is 0. The predicted octanol–water partition coefficient (Wildman–Crippen LogP) is 4.45. The van der Waals surface area contributed by atoms with Crippen LogP contribution in [-0.4, -0.2) is 15.3 Å².